The predicted octanol–water partition coefficient (Wildman–Crippen LogP) is 3.52. The summed E-state index contributed by atoms with van der Waals surface area (Å²) in [6.07, 6.45) is -2.56. The molecule has 2 rings (SSSR count). The number of phenols is 1. The van der Waals surface area contributed by atoms with Gasteiger partial charge in [-0.3, -0.25) is 4.90 Å². The molecule has 1 fully saturated rings. The minimum absolute atomic E-state index is 0.0878. The van der Waals surface area contributed by atoms with E-state index in [2.05, 4.69) is 42.1 Å². The zero-order valence-corrected chi connectivity index (χ0v) is 13.9. The van der Waals surface area contributed by atoms with E-state index in [-0.39, 0.29) is 18.2 Å². The summed E-state index contributed by atoms with van der Waals surface area (Å²) in [5.41, 5.74) is 0.781. The van der Waals surface area contributed by atoms with Crippen molar-refractivity contribution in [2.24, 2.45) is 0 Å². The third-order valence-electron chi connectivity index (χ3n) is 3.42. The Morgan fingerprint density at radius 3 is 2.25 bits per heavy atom. The first-order valence-corrected chi connectivity index (χ1v) is 7.98. The van der Waals surface area contributed by atoms with E-state index in [0.29, 0.717) is 8.95 Å². The van der Waals surface area contributed by atoms with E-state index < -0.39 is 6.43 Å². The van der Waals surface area contributed by atoms with Crippen LogP contribution in [0.3, 0.4) is 0 Å². The van der Waals surface area contributed by atoms with Crippen LogP contribution in [0.5, 0.6) is 5.75 Å². The summed E-state index contributed by atoms with van der Waals surface area (Å²) in [7, 11) is 0. The molecule has 0 saturated carbocycles. The fraction of sp³-hybridized carbons (Fsp3) is 0.538. The van der Waals surface area contributed by atoms with Gasteiger partial charge in [0.25, 0.3) is 0 Å². The largest absolute Gasteiger partial charge is 0.506 e. The molecule has 0 radical (unpaired) electrons. The van der Waals surface area contributed by atoms with Crippen LogP contribution in [0.1, 0.15) is 18.0 Å². The molecular weight excluding hydrogens is 398 g/mol. The number of hydrogen-bond donors (Lipinski definition) is 2. The standard InChI is InChI=1S/C13H16Br2F2N2O/c14-9-5-8(6-10(15)13(9)20)11(7-12(16)17)19-3-1-18-2-4-19/h5-6,11-12,18,20H,1-4,7H2/t11-/m1/s1. The van der Waals surface area contributed by atoms with Gasteiger partial charge < -0.3 is 10.4 Å². The minimum atomic E-state index is -2.36. The number of piperazine rings is 1. The van der Waals surface area contributed by atoms with Gasteiger partial charge in [0.1, 0.15) is 5.75 Å². The van der Waals surface area contributed by atoms with Crippen LogP contribution in [-0.2, 0) is 0 Å². The lowest BCUT2D eigenvalue weighted by Gasteiger charge is -2.35. The predicted molar refractivity (Wildman–Crippen MR) is 81.3 cm³/mol. The molecular formula is C13H16Br2F2N2O. The van der Waals surface area contributed by atoms with Crippen LogP contribution in [0.25, 0.3) is 0 Å². The maximum absolute atomic E-state index is 12.9. The molecule has 1 aliphatic rings. The SMILES string of the molecule is Oc1c(Br)cc([C@@H](CC(F)F)N2CCNCC2)cc1Br. The summed E-state index contributed by atoms with van der Waals surface area (Å²) in [4.78, 5) is 2.06. The number of alkyl halides is 2. The minimum Gasteiger partial charge on any atom is -0.506 e. The molecule has 3 nitrogen and oxygen atoms in total. The molecule has 1 atom stereocenters. The molecule has 1 aromatic carbocycles. The molecule has 20 heavy (non-hydrogen) atoms. The fourth-order valence-electron chi connectivity index (χ4n) is 2.44. The van der Waals surface area contributed by atoms with E-state index >= 15 is 0 Å². The summed E-state index contributed by atoms with van der Waals surface area (Å²) in [5.74, 6) is 0.0878. The summed E-state index contributed by atoms with van der Waals surface area (Å²) < 4.78 is 26.8. The van der Waals surface area contributed by atoms with Crippen molar-refractivity contribution < 1.29 is 13.9 Å². The average molecular weight is 414 g/mol. The summed E-state index contributed by atoms with van der Waals surface area (Å²) in [6.45, 7) is 3.10. The topological polar surface area (TPSA) is 35.5 Å². The molecule has 0 spiro atoms. The van der Waals surface area contributed by atoms with Crippen LogP contribution in [0.15, 0.2) is 21.1 Å². The first-order chi connectivity index (χ1) is 9.49. The highest BCUT2D eigenvalue weighted by Gasteiger charge is 2.26. The van der Waals surface area contributed by atoms with Gasteiger partial charge in [-0.25, -0.2) is 8.78 Å². The van der Waals surface area contributed by atoms with Crippen LogP contribution >= 0.6 is 31.9 Å². The van der Waals surface area contributed by atoms with Crippen molar-refractivity contribution in [2.75, 3.05) is 26.2 Å². The maximum atomic E-state index is 12.9. The highest BCUT2D eigenvalue weighted by molar-refractivity contribution is 9.11. The van der Waals surface area contributed by atoms with E-state index in [0.717, 1.165) is 31.7 Å². The molecule has 0 aliphatic carbocycles. The summed E-state index contributed by atoms with van der Waals surface area (Å²) in [5, 5.41) is 13.0. The van der Waals surface area contributed by atoms with Gasteiger partial charge in [0.05, 0.1) is 8.95 Å². The number of halogens is 4. The maximum Gasteiger partial charge on any atom is 0.240 e. The van der Waals surface area contributed by atoms with Gasteiger partial charge in [0.2, 0.25) is 6.43 Å². The van der Waals surface area contributed by atoms with Gasteiger partial charge in [-0.1, -0.05) is 0 Å². The zero-order valence-electron chi connectivity index (χ0n) is 10.8. The van der Waals surface area contributed by atoms with Gasteiger partial charge in [0.15, 0.2) is 0 Å². The lowest BCUT2D eigenvalue weighted by Crippen LogP contribution is -2.45. The Bertz CT molecular complexity index is 445. The highest BCUT2D eigenvalue weighted by Crippen LogP contribution is 2.38. The Labute approximate surface area is 133 Å². The Hall–Kier alpha value is -0.240. The highest BCUT2D eigenvalue weighted by atomic mass is 79.9. The molecule has 1 heterocycles. The number of aromatic hydroxyl groups is 1. The molecule has 112 valence electrons. The van der Waals surface area contributed by atoms with Crippen LogP contribution in [-0.4, -0.2) is 42.6 Å². The number of phenolic OH excluding ortho intramolecular Hbond substituents is 1. The zero-order chi connectivity index (χ0) is 14.7. The molecule has 2 N–H and O–H groups in total. The Morgan fingerprint density at radius 2 is 1.75 bits per heavy atom. The molecule has 0 amide bonds. The van der Waals surface area contributed by atoms with Crippen molar-refractivity contribution in [1.82, 2.24) is 10.2 Å². The van der Waals surface area contributed by atoms with Crippen molar-refractivity contribution in [1.29, 1.82) is 0 Å². The van der Waals surface area contributed by atoms with Crippen molar-refractivity contribution in [3.63, 3.8) is 0 Å². The Balaban J connectivity index is 2.30. The smallest absolute Gasteiger partial charge is 0.240 e. The van der Waals surface area contributed by atoms with E-state index in [1.165, 1.54) is 0 Å². The lowest BCUT2D eigenvalue weighted by molar-refractivity contribution is 0.0738. The summed E-state index contributed by atoms with van der Waals surface area (Å²) in [6, 6.07) is 3.09. The van der Waals surface area contributed by atoms with Gasteiger partial charge in [0, 0.05) is 38.6 Å². The van der Waals surface area contributed by atoms with Crippen LogP contribution < -0.4 is 5.32 Å². The number of benzene rings is 1. The van der Waals surface area contributed by atoms with E-state index in [1.807, 2.05) is 0 Å². The quantitative estimate of drug-likeness (QED) is 0.792. The third kappa shape index (κ3) is 3.90. The second-order valence-corrected chi connectivity index (χ2v) is 6.47. The normalized spacial score (nSPS) is 18.4. The van der Waals surface area contributed by atoms with Crippen LogP contribution in [0.2, 0.25) is 0 Å². The molecule has 1 aromatic rings. The van der Waals surface area contributed by atoms with E-state index in [4.69, 9.17) is 0 Å². The van der Waals surface area contributed by atoms with Crippen LogP contribution in [0.4, 0.5) is 8.78 Å². The lowest BCUT2D eigenvalue weighted by atomic mass is 10.0. The number of hydrogen-bond acceptors (Lipinski definition) is 3. The van der Waals surface area contributed by atoms with E-state index in [9.17, 15) is 13.9 Å². The first-order valence-electron chi connectivity index (χ1n) is 6.40. The number of rotatable bonds is 4. The van der Waals surface area contributed by atoms with Crippen molar-refractivity contribution in [2.45, 2.75) is 18.9 Å². The monoisotopic (exact) mass is 412 g/mol. The molecule has 0 aromatic heterocycles. The van der Waals surface area contributed by atoms with Gasteiger partial charge >= 0.3 is 0 Å². The Kier molecular flexibility index (Phi) is 5.77. The molecule has 0 unspecified atom stereocenters. The van der Waals surface area contributed by atoms with Gasteiger partial charge in [-0.15, -0.1) is 0 Å². The second-order valence-electron chi connectivity index (χ2n) is 4.76. The molecule has 7 heteroatoms. The van der Waals surface area contributed by atoms with E-state index in [1.54, 1.807) is 12.1 Å². The summed E-state index contributed by atoms with van der Waals surface area (Å²) >= 11 is 6.51. The van der Waals surface area contributed by atoms with Crippen molar-refractivity contribution >= 4 is 31.9 Å². The van der Waals surface area contributed by atoms with Crippen molar-refractivity contribution in [3.05, 3.63) is 26.6 Å². The molecule has 0 bridgehead atoms. The first kappa shape index (κ1) is 16.1. The Morgan fingerprint density at radius 1 is 1.20 bits per heavy atom. The van der Waals surface area contributed by atoms with Crippen LogP contribution in [0, 0.1) is 0 Å². The number of nitrogens with one attached hydrogen (secondary N) is 1. The van der Waals surface area contributed by atoms with Gasteiger partial charge in [-0.05, 0) is 49.6 Å². The molecule has 1 saturated heterocycles. The van der Waals surface area contributed by atoms with Crippen molar-refractivity contribution in [3.8, 4) is 5.75 Å². The third-order valence-corrected chi connectivity index (χ3v) is 4.63. The second kappa shape index (κ2) is 7.15. The van der Waals surface area contributed by atoms with Gasteiger partial charge in [-0.2, -0.15) is 0 Å². The number of nitrogens with zero attached hydrogens (tertiary/aromatic N) is 1. The fourth-order valence-corrected chi connectivity index (χ4v) is 3.66. The average Bonchev–Trinajstić information content (AvgIpc) is 2.42. The molecule has 1 aliphatic heterocycles.